The minimum absolute atomic E-state index is 0.174. The van der Waals surface area contributed by atoms with Crippen LogP contribution in [0.5, 0.6) is 5.75 Å². The molecule has 1 unspecified atom stereocenters. The minimum atomic E-state index is -4.53. The summed E-state index contributed by atoms with van der Waals surface area (Å²) in [5.41, 5.74) is 8.11. The molecule has 2 aromatic rings. The van der Waals surface area contributed by atoms with Crippen LogP contribution in [0.3, 0.4) is 0 Å². The van der Waals surface area contributed by atoms with E-state index in [1.807, 2.05) is 13.0 Å². The van der Waals surface area contributed by atoms with Crippen LogP contribution >= 0.6 is 0 Å². The average Bonchev–Trinajstić information content (AvgIpc) is 2.88. The van der Waals surface area contributed by atoms with Crippen LogP contribution in [0, 0.1) is 13.8 Å². The summed E-state index contributed by atoms with van der Waals surface area (Å²) in [5, 5.41) is 9.95. The second-order valence-corrected chi connectivity index (χ2v) is 9.96. The number of nitrogens with two attached hydrogens (primary N) is 1. The number of pyridine rings is 1. The van der Waals surface area contributed by atoms with Gasteiger partial charge in [0.2, 0.25) is 0 Å². The molecule has 3 heterocycles. The number of rotatable bonds is 7. The number of ether oxygens (including phenoxy) is 1. The van der Waals surface area contributed by atoms with Crippen molar-refractivity contribution in [3.05, 3.63) is 58.4 Å². The van der Waals surface area contributed by atoms with Crippen LogP contribution in [0.25, 0.3) is 0 Å². The lowest BCUT2D eigenvalue weighted by Crippen LogP contribution is -2.57. The predicted molar refractivity (Wildman–Crippen MR) is 133 cm³/mol. The molecular formula is C27H35F3N4O3. The van der Waals surface area contributed by atoms with Crippen LogP contribution in [-0.4, -0.2) is 70.7 Å². The van der Waals surface area contributed by atoms with Gasteiger partial charge in [0.25, 0.3) is 5.91 Å². The molecule has 0 bridgehead atoms. The van der Waals surface area contributed by atoms with E-state index in [0.717, 1.165) is 48.4 Å². The summed E-state index contributed by atoms with van der Waals surface area (Å²) >= 11 is 0. The van der Waals surface area contributed by atoms with Crippen LogP contribution in [0.2, 0.25) is 0 Å². The Morgan fingerprint density at radius 1 is 1.19 bits per heavy atom. The highest BCUT2D eigenvalue weighted by Crippen LogP contribution is 2.39. The van der Waals surface area contributed by atoms with E-state index in [1.165, 1.54) is 11.6 Å². The number of aliphatic hydroxyl groups is 1. The topological polar surface area (TPSA) is 91.9 Å². The van der Waals surface area contributed by atoms with E-state index in [4.69, 9.17) is 10.5 Å². The minimum Gasteiger partial charge on any atom is -0.491 e. The number of piperazine rings is 1. The van der Waals surface area contributed by atoms with Crippen LogP contribution in [0.1, 0.15) is 64.5 Å². The van der Waals surface area contributed by atoms with E-state index in [-0.39, 0.29) is 30.2 Å². The Morgan fingerprint density at radius 2 is 1.97 bits per heavy atom. The molecule has 0 radical (unpaired) electrons. The molecule has 202 valence electrons. The first-order valence-electron chi connectivity index (χ1n) is 12.8. The highest BCUT2D eigenvalue weighted by molar-refractivity contribution is 5.94. The van der Waals surface area contributed by atoms with Gasteiger partial charge in [0.15, 0.2) is 0 Å². The standard InChI is InChI=1S/C27H35F3N4O3/c1-17-18(2)24(37-16-21(35)10-11-31)8-7-22(17)23-5-3-4-20-15-33(12-13-34(20)23)26(36)19-6-9-25(32-14-19)27(28,29)30/h6-9,14,20-21,23,35H,3-5,10-13,15-16,31H2,1-2H3/t20?,21-,23+/m0/s1. The molecule has 7 nitrogen and oxygen atoms in total. The molecule has 1 aromatic heterocycles. The maximum Gasteiger partial charge on any atom is 0.433 e. The molecule has 0 aliphatic carbocycles. The summed E-state index contributed by atoms with van der Waals surface area (Å²) in [6.07, 6.45) is -0.614. The molecule has 37 heavy (non-hydrogen) atoms. The first kappa shape index (κ1) is 27.3. The molecular weight excluding hydrogens is 485 g/mol. The second-order valence-electron chi connectivity index (χ2n) is 9.96. The van der Waals surface area contributed by atoms with Crippen LogP contribution in [0.4, 0.5) is 13.2 Å². The fourth-order valence-corrected chi connectivity index (χ4v) is 5.43. The van der Waals surface area contributed by atoms with Gasteiger partial charge in [-0.05, 0) is 81.0 Å². The lowest BCUT2D eigenvalue weighted by molar-refractivity contribution is -0.141. The van der Waals surface area contributed by atoms with Gasteiger partial charge in [0, 0.05) is 37.9 Å². The third kappa shape index (κ3) is 6.08. The summed E-state index contributed by atoms with van der Waals surface area (Å²) in [7, 11) is 0. The van der Waals surface area contributed by atoms with E-state index in [0.29, 0.717) is 32.6 Å². The number of amides is 1. The zero-order chi connectivity index (χ0) is 26.7. The van der Waals surface area contributed by atoms with Crippen molar-refractivity contribution in [2.45, 2.75) is 63.9 Å². The van der Waals surface area contributed by atoms with E-state index < -0.39 is 18.0 Å². The van der Waals surface area contributed by atoms with Crippen molar-refractivity contribution in [1.82, 2.24) is 14.8 Å². The van der Waals surface area contributed by atoms with Gasteiger partial charge < -0.3 is 20.5 Å². The Balaban J connectivity index is 1.44. The first-order chi connectivity index (χ1) is 17.6. The summed E-state index contributed by atoms with van der Waals surface area (Å²) in [4.78, 5) is 20.7. The number of piperidine rings is 1. The van der Waals surface area contributed by atoms with Gasteiger partial charge in [-0.3, -0.25) is 14.7 Å². The number of benzene rings is 1. The number of carbonyl (C=O) groups excluding carboxylic acids is 1. The Labute approximate surface area is 215 Å². The van der Waals surface area contributed by atoms with E-state index >= 15 is 0 Å². The predicted octanol–water partition coefficient (Wildman–Crippen LogP) is 3.86. The number of aromatic nitrogens is 1. The fraction of sp³-hybridized carbons (Fsp3) is 0.556. The SMILES string of the molecule is Cc1c(OC[C@@H](O)CCN)ccc([C@H]2CCCC3CN(C(=O)c4ccc(C(F)(F)F)nc4)CCN32)c1C. The first-order valence-corrected chi connectivity index (χ1v) is 12.8. The molecule has 2 saturated heterocycles. The maximum atomic E-state index is 13.0. The number of aliphatic hydroxyl groups excluding tert-OH is 1. The number of nitrogens with zero attached hydrogens (tertiary/aromatic N) is 3. The Hall–Kier alpha value is -2.69. The molecule has 4 rings (SSSR count). The Morgan fingerprint density at radius 3 is 2.65 bits per heavy atom. The van der Waals surface area contributed by atoms with E-state index in [1.54, 1.807) is 4.90 Å². The number of carbonyl (C=O) groups is 1. The van der Waals surface area contributed by atoms with Crippen molar-refractivity contribution in [1.29, 1.82) is 0 Å². The monoisotopic (exact) mass is 520 g/mol. The molecule has 2 aliphatic rings. The van der Waals surface area contributed by atoms with Crippen molar-refractivity contribution in [3.63, 3.8) is 0 Å². The number of fused-ring (bicyclic) bond motifs is 1. The normalized spacial score (nSPS) is 21.4. The summed E-state index contributed by atoms with van der Waals surface area (Å²) in [6, 6.07) is 6.54. The number of hydrogen-bond donors (Lipinski definition) is 2. The lowest BCUT2D eigenvalue weighted by Gasteiger charge is -2.48. The van der Waals surface area contributed by atoms with Crippen molar-refractivity contribution in [2.24, 2.45) is 5.73 Å². The van der Waals surface area contributed by atoms with Crippen LogP contribution < -0.4 is 10.5 Å². The molecule has 0 spiro atoms. The van der Waals surface area contributed by atoms with Crippen molar-refractivity contribution < 1.29 is 27.8 Å². The van der Waals surface area contributed by atoms with Gasteiger partial charge in [0.05, 0.1) is 11.7 Å². The van der Waals surface area contributed by atoms with Gasteiger partial charge in [-0.2, -0.15) is 13.2 Å². The molecule has 2 aliphatic heterocycles. The van der Waals surface area contributed by atoms with Gasteiger partial charge >= 0.3 is 6.18 Å². The van der Waals surface area contributed by atoms with Gasteiger partial charge in [-0.25, -0.2) is 0 Å². The van der Waals surface area contributed by atoms with E-state index in [2.05, 4.69) is 22.9 Å². The fourth-order valence-electron chi connectivity index (χ4n) is 5.43. The Kier molecular flexibility index (Phi) is 8.40. The van der Waals surface area contributed by atoms with Gasteiger partial charge in [0.1, 0.15) is 18.1 Å². The molecule has 3 N–H and O–H groups in total. The van der Waals surface area contributed by atoms with Crippen LogP contribution in [0.15, 0.2) is 30.5 Å². The Bertz CT molecular complexity index is 1090. The number of alkyl halides is 3. The lowest BCUT2D eigenvalue weighted by atomic mass is 9.86. The van der Waals surface area contributed by atoms with Crippen molar-refractivity contribution in [2.75, 3.05) is 32.8 Å². The number of hydrogen-bond acceptors (Lipinski definition) is 6. The van der Waals surface area contributed by atoms with E-state index in [9.17, 15) is 23.1 Å². The third-order valence-electron chi connectivity index (χ3n) is 7.60. The van der Waals surface area contributed by atoms with Crippen molar-refractivity contribution in [3.8, 4) is 5.75 Å². The molecule has 1 amide bonds. The zero-order valence-corrected chi connectivity index (χ0v) is 21.3. The van der Waals surface area contributed by atoms with Gasteiger partial charge in [-0.15, -0.1) is 0 Å². The van der Waals surface area contributed by atoms with Crippen molar-refractivity contribution >= 4 is 5.91 Å². The summed E-state index contributed by atoms with van der Waals surface area (Å²) in [6.45, 7) is 6.46. The third-order valence-corrected chi connectivity index (χ3v) is 7.60. The average molecular weight is 521 g/mol. The van der Waals surface area contributed by atoms with Crippen LogP contribution in [-0.2, 0) is 6.18 Å². The molecule has 2 fully saturated rings. The molecule has 10 heteroatoms. The highest BCUT2D eigenvalue weighted by atomic mass is 19.4. The second kappa shape index (κ2) is 11.4. The molecule has 3 atom stereocenters. The highest BCUT2D eigenvalue weighted by Gasteiger charge is 2.38. The largest absolute Gasteiger partial charge is 0.491 e. The maximum absolute atomic E-state index is 13.0. The summed E-state index contributed by atoms with van der Waals surface area (Å²) in [5.74, 6) is 0.471. The molecule has 0 saturated carbocycles. The summed E-state index contributed by atoms with van der Waals surface area (Å²) < 4.78 is 44.3. The molecule has 1 aromatic carbocycles. The quantitative estimate of drug-likeness (QED) is 0.576. The van der Waals surface area contributed by atoms with Gasteiger partial charge in [-0.1, -0.05) is 6.07 Å². The number of halogens is 3. The zero-order valence-electron chi connectivity index (χ0n) is 21.3. The smallest absolute Gasteiger partial charge is 0.433 e.